The molecule has 1 aromatic heterocycles. The molecule has 0 aliphatic carbocycles. The molecule has 6 heteroatoms. The maximum absolute atomic E-state index is 12.9. The normalized spacial score (nSPS) is 10.4. The van der Waals surface area contributed by atoms with Gasteiger partial charge in [-0.15, -0.1) is 0 Å². The molecule has 3 aromatic rings. The molecule has 3 rings (SSSR count). The highest BCUT2D eigenvalue weighted by molar-refractivity contribution is 5.99. The van der Waals surface area contributed by atoms with Crippen molar-refractivity contribution in [1.82, 2.24) is 15.6 Å². The van der Waals surface area contributed by atoms with Gasteiger partial charge in [0.25, 0.3) is 11.8 Å². The summed E-state index contributed by atoms with van der Waals surface area (Å²) < 4.78 is 12.9. The van der Waals surface area contributed by atoms with Crippen molar-refractivity contribution in [2.24, 2.45) is 0 Å². The maximum atomic E-state index is 12.9. The van der Waals surface area contributed by atoms with Gasteiger partial charge in [0.2, 0.25) is 0 Å². The predicted molar refractivity (Wildman–Crippen MR) is 104 cm³/mol. The Morgan fingerprint density at radius 1 is 0.857 bits per heavy atom. The molecule has 0 bridgehead atoms. The summed E-state index contributed by atoms with van der Waals surface area (Å²) in [7, 11) is 0. The van der Waals surface area contributed by atoms with Crippen molar-refractivity contribution in [2.45, 2.75) is 20.0 Å². The number of nitrogens with zero attached hydrogens (tertiary/aromatic N) is 1. The predicted octanol–water partition coefficient (Wildman–Crippen LogP) is 3.39. The lowest BCUT2D eigenvalue weighted by Crippen LogP contribution is -2.25. The van der Waals surface area contributed by atoms with Crippen LogP contribution in [0.4, 0.5) is 4.39 Å². The smallest absolute Gasteiger partial charge is 0.253 e. The van der Waals surface area contributed by atoms with Crippen molar-refractivity contribution in [1.29, 1.82) is 0 Å². The molecule has 5 nitrogen and oxygen atoms in total. The number of pyridine rings is 1. The third-order valence-electron chi connectivity index (χ3n) is 4.16. The van der Waals surface area contributed by atoms with E-state index in [0.717, 1.165) is 16.7 Å². The maximum Gasteiger partial charge on any atom is 0.253 e. The highest BCUT2D eigenvalue weighted by atomic mass is 19.1. The number of benzene rings is 2. The summed E-state index contributed by atoms with van der Waals surface area (Å²) in [6.07, 6.45) is 2.82. The number of aromatic nitrogens is 1. The first kappa shape index (κ1) is 19.2. The average Bonchev–Trinajstić information content (AvgIpc) is 2.71. The van der Waals surface area contributed by atoms with Gasteiger partial charge in [0.15, 0.2) is 0 Å². The number of halogens is 1. The number of amides is 2. The summed E-state index contributed by atoms with van der Waals surface area (Å²) >= 11 is 0. The minimum atomic E-state index is -0.356. The summed E-state index contributed by atoms with van der Waals surface area (Å²) in [4.78, 5) is 28.7. The number of hydrogen-bond donors (Lipinski definition) is 2. The number of carbonyl (C=O) groups is 2. The number of hydrogen-bond acceptors (Lipinski definition) is 3. The molecule has 2 N–H and O–H groups in total. The highest BCUT2D eigenvalue weighted by Crippen LogP contribution is 2.07. The van der Waals surface area contributed by atoms with Crippen LogP contribution in [0.25, 0.3) is 0 Å². The van der Waals surface area contributed by atoms with Gasteiger partial charge in [-0.25, -0.2) is 4.39 Å². The van der Waals surface area contributed by atoms with E-state index in [1.165, 1.54) is 30.6 Å². The molecular weight excluding hydrogens is 357 g/mol. The van der Waals surface area contributed by atoms with E-state index in [-0.39, 0.29) is 29.7 Å². The van der Waals surface area contributed by atoms with E-state index >= 15 is 0 Å². The van der Waals surface area contributed by atoms with Crippen molar-refractivity contribution in [2.75, 3.05) is 0 Å². The zero-order valence-electron chi connectivity index (χ0n) is 15.4. The van der Waals surface area contributed by atoms with Crippen LogP contribution in [-0.4, -0.2) is 16.8 Å². The van der Waals surface area contributed by atoms with Gasteiger partial charge in [0.05, 0.1) is 11.1 Å². The number of carbonyl (C=O) groups excluding carboxylic acids is 2. The lowest BCUT2D eigenvalue weighted by Gasteiger charge is -2.08. The number of rotatable bonds is 6. The van der Waals surface area contributed by atoms with Crippen LogP contribution in [0.15, 0.2) is 67.0 Å². The van der Waals surface area contributed by atoms with E-state index in [1.54, 1.807) is 12.1 Å². The fourth-order valence-electron chi connectivity index (χ4n) is 2.68. The first-order chi connectivity index (χ1) is 13.5. The number of nitrogens with one attached hydrogen (secondary N) is 2. The van der Waals surface area contributed by atoms with Crippen LogP contribution in [0, 0.1) is 12.7 Å². The topological polar surface area (TPSA) is 71.1 Å². The largest absolute Gasteiger partial charge is 0.348 e. The Kier molecular flexibility index (Phi) is 6.11. The molecule has 142 valence electrons. The molecule has 0 radical (unpaired) electrons. The van der Waals surface area contributed by atoms with Crippen LogP contribution < -0.4 is 10.6 Å². The molecule has 0 unspecified atom stereocenters. The first-order valence-electron chi connectivity index (χ1n) is 8.83. The zero-order chi connectivity index (χ0) is 19.9. The SMILES string of the molecule is Cc1cccc(CNC(=O)c2cncc(C(=O)NCc3ccc(F)cc3)c2)c1. The molecule has 1 heterocycles. The van der Waals surface area contributed by atoms with Crippen molar-refractivity contribution < 1.29 is 14.0 Å². The summed E-state index contributed by atoms with van der Waals surface area (Å²) in [5.74, 6) is -0.990. The second-order valence-corrected chi connectivity index (χ2v) is 6.44. The molecule has 2 aromatic carbocycles. The molecule has 0 aliphatic heterocycles. The van der Waals surface area contributed by atoms with Crippen molar-refractivity contribution in [3.05, 3.63) is 101 Å². The Morgan fingerprint density at radius 2 is 1.46 bits per heavy atom. The molecule has 0 aliphatic rings. The van der Waals surface area contributed by atoms with Gasteiger partial charge in [-0.05, 0) is 36.2 Å². The van der Waals surface area contributed by atoms with Gasteiger partial charge in [-0.2, -0.15) is 0 Å². The lowest BCUT2D eigenvalue weighted by molar-refractivity contribution is 0.0950. The monoisotopic (exact) mass is 377 g/mol. The van der Waals surface area contributed by atoms with E-state index in [0.29, 0.717) is 12.1 Å². The van der Waals surface area contributed by atoms with E-state index < -0.39 is 0 Å². The van der Waals surface area contributed by atoms with Crippen LogP contribution in [0.2, 0.25) is 0 Å². The van der Waals surface area contributed by atoms with Crippen molar-refractivity contribution >= 4 is 11.8 Å². The summed E-state index contributed by atoms with van der Waals surface area (Å²) in [6.45, 7) is 2.63. The van der Waals surface area contributed by atoms with Crippen LogP contribution in [-0.2, 0) is 13.1 Å². The Morgan fingerprint density at radius 3 is 2.07 bits per heavy atom. The van der Waals surface area contributed by atoms with Gasteiger partial charge in [-0.1, -0.05) is 42.0 Å². The Balaban J connectivity index is 1.59. The van der Waals surface area contributed by atoms with E-state index in [2.05, 4.69) is 15.6 Å². The molecule has 0 fully saturated rings. The van der Waals surface area contributed by atoms with E-state index in [9.17, 15) is 14.0 Å². The molecule has 2 amide bonds. The molecule has 0 spiro atoms. The average molecular weight is 377 g/mol. The van der Waals surface area contributed by atoms with Gasteiger partial charge in [-0.3, -0.25) is 14.6 Å². The van der Waals surface area contributed by atoms with Crippen molar-refractivity contribution in [3.8, 4) is 0 Å². The summed E-state index contributed by atoms with van der Waals surface area (Å²) in [5, 5.41) is 5.56. The third-order valence-corrected chi connectivity index (χ3v) is 4.16. The van der Waals surface area contributed by atoms with Gasteiger partial charge in [0.1, 0.15) is 5.82 Å². The fraction of sp³-hybridized carbons (Fsp3) is 0.136. The molecular formula is C22H20FN3O2. The zero-order valence-corrected chi connectivity index (χ0v) is 15.4. The van der Waals surface area contributed by atoms with Crippen LogP contribution in [0.5, 0.6) is 0 Å². The van der Waals surface area contributed by atoms with Crippen LogP contribution in [0.3, 0.4) is 0 Å². The van der Waals surface area contributed by atoms with Crippen LogP contribution >= 0.6 is 0 Å². The van der Waals surface area contributed by atoms with E-state index in [4.69, 9.17) is 0 Å². The van der Waals surface area contributed by atoms with Crippen molar-refractivity contribution in [3.63, 3.8) is 0 Å². The second kappa shape index (κ2) is 8.90. The van der Waals surface area contributed by atoms with Gasteiger partial charge < -0.3 is 10.6 Å². The van der Waals surface area contributed by atoms with Gasteiger partial charge in [0, 0.05) is 25.5 Å². The minimum Gasteiger partial charge on any atom is -0.348 e. The minimum absolute atomic E-state index is 0.253. The molecule has 0 atom stereocenters. The van der Waals surface area contributed by atoms with E-state index in [1.807, 2.05) is 31.2 Å². The fourth-order valence-corrected chi connectivity index (χ4v) is 2.68. The Bertz CT molecular complexity index is 987. The Labute approximate surface area is 162 Å². The first-order valence-corrected chi connectivity index (χ1v) is 8.83. The lowest BCUT2D eigenvalue weighted by atomic mass is 10.1. The standard InChI is InChI=1S/C22H20FN3O2/c1-15-3-2-4-17(9-15)12-26-22(28)19-10-18(13-24-14-19)21(27)25-11-16-5-7-20(23)8-6-16/h2-10,13-14H,11-12H2,1H3,(H,25,27)(H,26,28). The summed E-state index contributed by atoms with van der Waals surface area (Å²) in [6, 6.07) is 15.2. The molecule has 28 heavy (non-hydrogen) atoms. The highest BCUT2D eigenvalue weighted by Gasteiger charge is 2.11. The third kappa shape index (κ3) is 5.23. The molecule has 0 saturated heterocycles. The second-order valence-electron chi connectivity index (χ2n) is 6.44. The van der Waals surface area contributed by atoms with Gasteiger partial charge >= 0.3 is 0 Å². The Hall–Kier alpha value is -3.54. The summed E-state index contributed by atoms with van der Waals surface area (Å²) in [5.41, 5.74) is 3.48. The molecule has 0 saturated carbocycles. The number of aryl methyl sites for hydroxylation is 1. The van der Waals surface area contributed by atoms with Crippen LogP contribution in [0.1, 0.15) is 37.4 Å². The quantitative estimate of drug-likeness (QED) is 0.692.